The Hall–Kier alpha value is -2.12. The van der Waals surface area contributed by atoms with E-state index in [0.29, 0.717) is 12.1 Å². The van der Waals surface area contributed by atoms with Crippen molar-refractivity contribution in [3.05, 3.63) is 53.1 Å². The first-order chi connectivity index (χ1) is 8.69. The van der Waals surface area contributed by atoms with Crippen LogP contribution >= 0.6 is 0 Å². The molecule has 0 radical (unpaired) electrons. The van der Waals surface area contributed by atoms with Gasteiger partial charge in [-0.05, 0) is 30.7 Å². The summed E-state index contributed by atoms with van der Waals surface area (Å²) >= 11 is 0. The van der Waals surface area contributed by atoms with E-state index in [0.717, 1.165) is 11.3 Å². The molecular weight excluding hydrogens is 231 g/mol. The number of hydrogen-bond donors (Lipinski definition) is 1. The molecule has 1 N–H and O–H groups in total. The van der Waals surface area contributed by atoms with Crippen LogP contribution in [-0.4, -0.2) is 21.5 Å². The molecule has 4 heteroatoms. The summed E-state index contributed by atoms with van der Waals surface area (Å²) in [5.74, 6) is 4.95. The fourth-order valence-corrected chi connectivity index (χ4v) is 1.66. The number of halogens is 1. The fraction of sp³-hybridized carbons (Fsp3) is 0.214. The monoisotopic (exact) mass is 244 g/mol. The minimum absolute atomic E-state index is 0.239. The van der Waals surface area contributed by atoms with Gasteiger partial charge in [-0.2, -0.15) is 5.10 Å². The molecule has 0 saturated heterocycles. The second-order valence-corrected chi connectivity index (χ2v) is 3.92. The number of aryl methyl sites for hydroxylation is 1. The quantitative estimate of drug-likeness (QED) is 0.817. The number of aliphatic hydroxyl groups is 1. The van der Waals surface area contributed by atoms with Crippen LogP contribution in [0.4, 0.5) is 4.39 Å². The largest absolute Gasteiger partial charge is 0.384 e. The van der Waals surface area contributed by atoms with Crippen LogP contribution in [0.3, 0.4) is 0 Å². The molecular formula is C14H13FN2O. The lowest BCUT2D eigenvalue weighted by Gasteiger charge is -2.05. The Morgan fingerprint density at radius 1 is 1.39 bits per heavy atom. The Morgan fingerprint density at radius 3 is 2.89 bits per heavy atom. The molecule has 0 bridgehead atoms. The zero-order valence-electron chi connectivity index (χ0n) is 10.0. The first-order valence-corrected chi connectivity index (χ1v) is 5.57. The molecule has 1 heterocycles. The van der Waals surface area contributed by atoms with E-state index < -0.39 is 0 Å². The van der Waals surface area contributed by atoms with Crippen molar-refractivity contribution in [3.8, 4) is 11.8 Å². The van der Waals surface area contributed by atoms with Gasteiger partial charge in [-0.1, -0.05) is 17.9 Å². The van der Waals surface area contributed by atoms with E-state index >= 15 is 0 Å². The maximum Gasteiger partial charge on any atom is 0.124 e. The molecule has 2 rings (SSSR count). The highest BCUT2D eigenvalue weighted by Crippen LogP contribution is 2.12. The molecule has 0 aliphatic carbocycles. The Morgan fingerprint density at radius 2 is 2.22 bits per heavy atom. The lowest BCUT2D eigenvalue weighted by Crippen LogP contribution is -2.03. The summed E-state index contributed by atoms with van der Waals surface area (Å²) in [5, 5.41) is 13.0. The normalized spacial score (nSPS) is 9.94. The zero-order chi connectivity index (χ0) is 13.0. The van der Waals surface area contributed by atoms with E-state index in [9.17, 15) is 4.39 Å². The number of rotatable bonds is 2. The predicted molar refractivity (Wildman–Crippen MR) is 66.4 cm³/mol. The SMILES string of the molecule is Cc1ccn(Cc2ccc(F)cc2C#CCO)n1. The Kier molecular flexibility index (Phi) is 3.75. The summed E-state index contributed by atoms with van der Waals surface area (Å²) in [5.41, 5.74) is 2.39. The van der Waals surface area contributed by atoms with E-state index in [4.69, 9.17) is 5.11 Å². The molecule has 1 aromatic heterocycles. The molecule has 18 heavy (non-hydrogen) atoms. The van der Waals surface area contributed by atoms with Gasteiger partial charge in [-0.3, -0.25) is 4.68 Å². The van der Waals surface area contributed by atoms with Crippen molar-refractivity contribution in [2.45, 2.75) is 13.5 Å². The summed E-state index contributed by atoms with van der Waals surface area (Å²) in [7, 11) is 0. The highest BCUT2D eigenvalue weighted by atomic mass is 19.1. The lowest BCUT2D eigenvalue weighted by molar-refractivity contribution is 0.350. The Balaban J connectivity index is 2.31. The summed E-state index contributed by atoms with van der Waals surface area (Å²) in [6, 6.07) is 6.36. The predicted octanol–water partition coefficient (Wildman–Crippen LogP) is 1.72. The van der Waals surface area contributed by atoms with Crippen molar-refractivity contribution in [1.82, 2.24) is 9.78 Å². The Labute approximate surface area is 105 Å². The number of aromatic nitrogens is 2. The van der Waals surface area contributed by atoms with Crippen LogP contribution in [0.25, 0.3) is 0 Å². The molecule has 0 unspecified atom stereocenters. The van der Waals surface area contributed by atoms with Gasteiger partial charge in [0.2, 0.25) is 0 Å². The summed E-state index contributed by atoms with van der Waals surface area (Å²) in [6.07, 6.45) is 1.86. The van der Waals surface area contributed by atoms with Gasteiger partial charge in [0.25, 0.3) is 0 Å². The number of benzene rings is 1. The van der Waals surface area contributed by atoms with Crippen molar-refractivity contribution in [2.24, 2.45) is 0 Å². The molecule has 0 fully saturated rings. The van der Waals surface area contributed by atoms with Crippen LogP contribution < -0.4 is 0 Å². The third-order valence-electron chi connectivity index (χ3n) is 2.48. The van der Waals surface area contributed by atoms with Gasteiger partial charge in [-0.15, -0.1) is 0 Å². The number of aliphatic hydroxyl groups excluding tert-OH is 1. The molecule has 92 valence electrons. The molecule has 3 nitrogen and oxygen atoms in total. The summed E-state index contributed by atoms with van der Waals surface area (Å²) in [4.78, 5) is 0. The second-order valence-electron chi connectivity index (χ2n) is 3.92. The van der Waals surface area contributed by atoms with Gasteiger partial charge < -0.3 is 5.11 Å². The maximum absolute atomic E-state index is 13.2. The average Bonchev–Trinajstić information content (AvgIpc) is 2.75. The molecule has 1 aromatic carbocycles. The van der Waals surface area contributed by atoms with Gasteiger partial charge in [0.15, 0.2) is 0 Å². The van der Waals surface area contributed by atoms with Crippen molar-refractivity contribution in [1.29, 1.82) is 0 Å². The lowest BCUT2D eigenvalue weighted by atomic mass is 10.1. The van der Waals surface area contributed by atoms with E-state index in [-0.39, 0.29) is 12.4 Å². The highest BCUT2D eigenvalue weighted by molar-refractivity contribution is 5.41. The van der Waals surface area contributed by atoms with E-state index in [1.165, 1.54) is 12.1 Å². The third-order valence-corrected chi connectivity index (χ3v) is 2.48. The van der Waals surface area contributed by atoms with Gasteiger partial charge in [0.05, 0.1) is 12.2 Å². The van der Waals surface area contributed by atoms with E-state index in [1.807, 2.05) is 19.2 Å². The average molecular weight is 244 g/mol. The highest BCUT2D eigenvalue weighted by Gasteiger charge is 2.04. The third kappa shape index (κ3) is 2.96. The molecule has 2 aromatic rings. The van der Waals surface area contributed by atoms with E-state index in [1.54, 1.807) is 10.7 Å². The fourth-order valence-electron chi connectivity index (χ4n) is 1.66. The topological polar surface area (TPSA) is 38.0 Å². The maximum atomic E-state index is 13.2. The number of nitrogens with zero attached hydrogens (tertiary/aromatic N) is 2. The van der Waals surface area contributed by atoms with Crippen LogP contribution in [0.1, 0.15) is 16.8 Å². The standard InChI is InChI=1S/C14H13FN2O/c1-11-6-7-17(16-11)10-13-4-5-14(15)9-12(13)3-2-8-18/h4-7,9,18H,8,10H2,1H3. The second kappa shape index (κ2) is 5.48. The first-order valence-electron chi connectivity index (χ1n) is 5.57. The molecule has 0 atom stereocenters. The minimum Gasteiger partial charge on any atom is -0.384 e. The van der Waals surface area contributed by atoms with E-state index in [2.05, 4.69) is 16.9 Å². The van der Waals surface area contributed by atoms with Crippen LogP contribution in [0.15, 0.2) is 30.5 Å². The molecule has 0 amide bonds. The minimum atomic E-state index is -0.336. The Bertz CT molecular complexity index is 608. The molecule has 0 aliphatic heterocycles. The van der Waals surface area contributed by atoms with Crippen molar-refractivity contribution >= 4 is 0 Å². The van der Waals surface area contributed by atoms with Crippen molar-refractivity contribution in [3.63, 3.8) is 0 Å². The van der Waals surface area contributed by atoms with Crippen molar-refractivity contribution in [2.75, 3.05) is 6.61 Å². The molecule has 0 aliphatic rings. The van der Waals surface area contributed by atoms with Crippen LogP contribution in [-0.2, 0) is 6.54 Å². The van der Waals surface area contributed by atoms with Gasteiger partial charge in [0, 0.05) is 11.8 Å². The van der Waals surface area contributed by atoms with Gasteiger partial charge in [-0.25, -0.2) is 4.39 Å². The molecule has 0 spiro atoms. The summed E-state index contributed by atoms with van der Waals surface area (Å²) < 4.78 is 14.9. The van der Waals surface area contributed by atoms with Crippen molar-refractivity contribution < 1.29 is 9.50 Å². The zero-order valence-corrected chi connectivity index (χ0v) is 10.0. The summed E-state index contributed by atoms with van der Waals surface area (Å²) in [6.45, 7) is 2.20. The first kappa shape index (κ1) is 12.3. The smallest absolute Gasteiger partial charge is 0.124 e. The van der Waals surface area contributed by atoms with Crippen LogP contribution in [0, 0.1) is 24.6 Å². The van der Waals surface area contributed by atoms with Gasteiger partial charge >= 0.3 is 0 Å². The van der Waals surface area contributed by atoms with Crippen LogP contribution in [0.2, 0.25) is 0 Å². The van der Waals surface area contributed by atoms with Crippen LogP contribution in [0.5, 0.6) is 0 Å². The van der Waals surface area contributed by atoms with Gasteiger partial charge in [0.1, 0.15) is 12.4 Å². The molecule has 0 saturated carbocycles. The number of hydrogen-bond acceptors (Lipinski definition) is 2.